The second-order valence-corrected chi connectivity index (χ2v) is 7.50. The number of nitrogens with zero attached hydrogens (tertiary/aromatic N) is 1. The van der Waals surface area contributed by atoms with Crippen LogP contribution in [0.3, 0.4) is 0 Å². The fourth-order valence-corrected chi connectivity index (χ4v) is 3.12. The summed E-state index contributed by atoms with van der Waals surface area (Å²) in [6.45, 7) is 3.90. The molecular weight excluding hydrogens is 422 g/mol. The second kappa shape index (κ2) is 11.6. The normalized spacial score (nSPS) is 11.2. The number of para-hydroxylation sites is 1. The molecule has 0 amide bonds. The summed E-state index contributed by atoms with van der Waals surface area (Å²) in [5, 5.41) is 13.3. The van der Waals surface area contributed by atoms with Gasteiger partial charge in [-0.2, -0.15) is 0 Å². The first-order chi connectivity index (χ1) is 15.9. The number of oxime groups is 1. The number of hydrogen-bond donors (Lipinski definition) is 1. The standard InChI is InChI=1S/C26H27NO6/c1-18(2)32-24-13-19(14-26(28)29)12-23(16-24)31-17-25(27-30-3)20-8-7-11-22(15-20)33-21-9-5-4-6-10-21/h4-13,15-16,18H,14,17H2,1-3H3,(H,28,29)/b27-25+. The molecule has 0 aliphatic rings. The van der Waals surface area contributed by atoms with Crippen molar-refractivity contribution in [2.75, 3.05) is 13.7 Å². The van der Waals surface area contributed by atoms with Crippen molar-refractivity contribution in [1.82, 2.24) is 0 Å². The molecule has 0 fully saturated rings. The van der Waals surface area contributed by atoms with Gasteiger partial charge in [0, 0.05) is 11.6 Å². The summed E-state index contributed by atoms with van der Waals surface area (Å²) in [5.41, 5.74) is 1.90. The fraction of sp³-hybridized carbons (Fsp3) is 0.231. The van der Waals surface area contributed by atoms with Crippen LogP contribution >= 0.6 is 0 Å². The maximum absolute atomic E-state index is 11.2. The van der Waals surface area contributed by atoms with Gasteiger partial charge in [-0.3, -0.25) is 4.79 Å². The molecule has 7 heteroatoms. The summed E-state index contributed by atoms with van der Waals surface area (Å²) in [6, 6.07) is 22.0. The Morgan fingerprint density at radius 1 is 0.909 bits per heavy atom. The zero-order valence-electron chi connectivity index (χ0n) is 18.9. The fourth-order valence-electron chi connectivity index (χ4n) is 3.12. The van der Waals surface area contributed by atoms with Crippen LogP contribution in [0.25, 0.3) is 0 Å². The van der Waals surface area contributed by atoms with E-state index in [2.05, 4.69) is 5.16 Å². The van der Waals surface area contributed by atoms with Gasteiger partial charge in [0.05, 0.1) is 12.5 Å². The van der Waals surface area contributed by atoms with E-state index in [1.165, 1.54) is 7.11 Å². The first-order valence-corrected chi connectivity index (χ1v) is 10.5. The first-order valence-electron chi connectivity index (χ1n) is 10.5. The van der Waals surface area contributed by atoms with Crippen molar-refractivity contribution in [3.05, 3.63) is 83.9 Å². The molecule has 0 saturated heterocycles. The molecule has 0 aliphatic heterocycles. The molecule has 3 aromatic carbocycles. The number of carboxylic acid groups (broad SMARTS) is 1. The number of rotatable bonds is 11. The van der Waals surface area contributed by atoms with Crippen molar-refractivity contribution >= 4 is 11.7 Å². The zero-order chi connectivity index (χ0) is 23.6. The maximum atomic E-state index is 11.2. The molecule has 1 N–H and O–H groups in total. The van der Waals surface area contributed by atoms with E-state index in [0.717, 1.165) is 11.3 Å². The van der Waals surface area contributed by atoms with Gasteiger partial charge >= 0.3 is 5.97 Å². The third-order valence-electron chi connectivity index (χ3n) is 4.39. The van der Waals surface area contributed by atoms with E-state index >= 15 is 0 Å². The van der Waals surface area contributed by atoms with E-state index in [0.29, 0.717) is 28.5 Å². The molecule has 0 heterocycles. The largest absolute Gasteiger partial charge is 0.491 e. The Labute approximate surface area is 193 Å². The van der Waals surface area contributed by atoms with E-state index in [-0.39, 0.29) is 19.1 Å². The topological polar surface area (TPSA) is 86.6 Å². The second-order valence-electron chi connectivity index (χ2n) is 7.50. The van der Waals surface area contributed by atoms with E-state index in [1.54, 1.807) is 18.2 Å². The summed E-state index contributed by atoms with van der Waals surface area (Å²) < 4.78 is 17.6. The summed E-state index contributed by atoms with van der Waals surface area (Å²) in [7, 11) is 1.46. The van der Waals surface area contributed by atoms with Gasteiger partial charge in [-0.05, 0) is 55.8 Å². The molecule has 0 unspecified atom stereocenters. The van der Waals surface area contributed by atoms with Gasteiger partial charge in [-0.15, -0.1) is 0 Å². The van der Waals surface area contributed by atoms with Crippen molar-refractivity contribution in [2.24, 2.45) is 5.16 Å². The number of carboxylic acids is 1. The molecule has 3 aromatic rings. The van der Waals surface area contributed by atoms with E-state index in [4.69, 9.17) is 24.2 Å². The molecule has 0 aliphatic carbocycles. The van der Waals surface area contributed by atoms with Crippen LogP contribution in [0.15, 0.2) is 78.0 Å². The number of benzene rings is 3. The van der Waals surface area contributed by atoms with Crippen molar-refractivity contribution < 1.29 is 28.9 Å². The Balaban J connectivity index is 1.79. The lowest BCUT2D eigenvalue weighted by Gasteiger charge is -2.15. The van der Waals surface area contributed by atoms with Gasteiger partial charge in [0.1, 0.15) is 42.4 Å². The number of aliphatic carboxylic acids is 1. The van der Waals surface area contributed by atoms with Crippen LogP contribution in [-0.4, -0.2) is 36.6 Å². The minimum atomic E-state index is -0.931. The molecular formula is C26H27NO6. The van der Waals surface area contributed by atoms with Gasteiger partial charge in [-0.25, -0.2) is 0 Å². The van der Waals surface area contributed by atoms with E-state index in [1.807, 2.05) is 68.4 Å². The monoisotopic (exact) mass is 449 g/mol. The predicted molar refractivity (Wildman–Crippen MR) is 126 cm³/mol. The molecule has 3 rings (SSSR count). The lowest BCUT2D eigenvalue weighted by molar-refractivity contribution is -0.136. The predicted octanol–water partition coefficient (Wildman–Crippen LogP) is 5.32. The van der Waals surface area contributed by atoms with Crippen molar-refractivity contribution in [1.29, 1.82) is 0 Å². The highest BCUT2D eigenvalue weighted by Crippen LogP contribution is 2.26. The molecule has 0 aromatic heterocycles. The quantitative estimate of drug-likeness (QED) is 0.315. The minimum Gasteiger partial charge on any atom is -0.491 e. The van der Waals surface area contributed by atoms with Gasteiger partial charge in [0.2, 0.25) is 0 Å². The Morgan fingerprint density at radius 3 is 2.33 bits per heavy atom. The summed E-state index contributed by atoms with van der Waals surface area (Å²) in [5.74, 6) is 1.47. The van der Waals surface area contributed by atoms with Crippen LogP contribution in [0.4, 0.5) is 0 Å². The van der Waals surface area contributed by atoms with Gasteiger partial charge in [0.15, 0.2) is 0 Å². The van der Waals surface area contributed by atoms with Crippen LogP contribution in [-0.2, 0) is 16.1 Å². The Kier molecular flexibility index (Phi) is 8.30. The minimum absolute atomic E-state index is 0.0594. The molecule has 33 heavy (non-hydrogen) atoms. The van der Waals surface area contributed by atoms with Gasteiger partial charge < -0.3 is 24.2 Å². The van der Waals surface area contributed by atoms with Crippen LogP contribution in [0.2, 0.25) is 0 Å². The van der Waals surface area contributed by atoms with Crippen LogP contribution in [0, 0.1) is 0 Å². The average molecular weight is 450 g/mol. The van der Waals surface area contributed by atoms with Crippen molar-refractivity contribution in [2.45, 2.75) is 26.4 Å². The van der Waals surface area contributed by atoms with Crippen LogP contribution in [0.1, 0.15) is 25.0 Å². The highest BCUT2D eigenvalue weighted by molar-refractivity contribution is 6.01. The number of ether oxygens (including phenoxy) is 3. The van der Waals surface area contributed by atoms with E-state index < -0.39 is 5.97 Å². The Hall–Kier alpha value is -4.00. The average Bonchev–Trinajstić information content (AvgIpc) is 2.76. The number of carbonyl (C=O) groups is 1. The summed E-state index contributed by atoms with van der Waals surface area (Å²) in [4.78, 5) is 16.2. The highest BCUT2D eigenvalue weighted by atomic mass is 16.6. The Morgan fingerprint density at radius 2 is 1.64 bits per heavy atom. The molecule has 0 atom stereocenters. The summed E-state index contributed by atoms with van der Waals surface area (Å²) in [6.07, 6.45) is -0.195. The maximum Gasteiger partial charge on any atom is 0.307 e. The van der Waals surface area contributed by atoms with Crippen molar-refractivity contribution in [3.8, 4) is 23.0 Å². The molecule has 0 saturated carbocycles. The molecule has 172 valence electrons. The lowest BCUT2D eigenvalue weighted by atomic mass is 10.1. The third kappa shape index (κ3) is 7.57. The smallest absolute Gasteiger partial charge is 0.307 e. The zero-order valence-corrected chi connectivity index (χ0v) is 18.9. The molecule has 0 spiro atoms. The Bertz CT molecular complexity index is 1090. The van der Waals surface area contributed by atoms with Gasteiger partial charge in [0.25, 0.3) is 0 Å². The first kappa shape index (κ1) is 23.7. The summed E-state index contributed by atoms with van der Waals surface area (Å²) >= 11 is 0. The SMILES string of the molecule is CO/N=C(\COc1cc(CC(=O)O)cc(OC(C)C)c1)c1cccc(Oc2ccccc2)c1. The lowest BCUT2D eigenvalue weighted by Crippen LogP contribution is -2.14. The molecule has 7 nitrogen and oxygen atoms in total. The van der Waals surface area contributed by atoms with Crippen LogP contribution < -0.4 is 14.2 Å². The highest BCUT2D eigenvalue weighted by Gasteiger charge is 2.12. The van der Waals surface area contributed by atoms with Crippen molar-refractivity contribution in [3.63, 3.8) is 0 Å². The third-order valence-corrected chi connectivity index (χ3v) is 4.39. The van der Waals surface area contributed by atoms with Gasteiger partial charge in [-0.1, -0.05) is 35.5 Å². The van der Waals surface area contributed by atoms with Crippen LogP contribution in [0.5, 0.6) is 23.0 Å². The number of hydrogen-bond acceptors (Lipinski definition) is 6. The molecule has 0 bridgehead atoms. The van der Waals surface area contributed by atoms with E-state index in [9.17, 15) is 4.79 Å². The molecule has 0 radical (unpaired) electrons.